The van der Waals surface area contributed by atoms with Gasteiger partial charge in [0.1, 0.15) is 6.04 Å². The lowest BCUT2D eigenvalue weighted by Crippen LogP contribution is -2.50. The van der Waals surface area contributed by atoms with E-state index < -0.39 is 24.0 Å². The van der Waals surface area contributed by atoms with Crippen LogP contribution in [-0.4, -0.2) is 29.1 Å². The van der Waals surface area contributed by atoms with Gasteiger partial charge < -0.3 is 10.4 Å². The molecule has 1 amide bonds. The Balaban J connectivity index is 4.50. The number of carboxylic acids is 1. The maximum Gasteiger partial charge on any atom is 0.325 e. The molecule has 0 spiro atoms. The van der Waals surface area contributed by atoms with Crippen molar-refractivity contribution >= 4 is 11.9 Å². The van der Waals surface area contributed by atoms with Crippen molar-refractivity contribution in [3.8, 4) is 0 Å². The van der Waals surface area contributed by atoms with Crippen LogP contribution in [0.2, 0.25) is 0 Å². The summed E-state index contributed by atoms with van der Waals surface area (Å²) in [7, 11) is 0. The van der Waals surface area contributed by atoms with Crippen LogP contribution < -0.4 is 10.7 Å². The molecule has 0 aliphatic carbocycles. The highest BCUT2D eigenvalue weighted by Crippen LogP contribution is 2.02. The molecule has 0 unspecified atom stereocenters. The summed E-state index contributed by atoms with van der Waals surface area (Å²) in [6.45, 7) is 4.84. The molecule has 0 aromatic carbocycles. The molecule has 0 radical (unpaired) electrons. The van der Waals surface area contributed by atoms with E-state index >= 15 is 0 Å². The van der Waals surface area contributed by atoms with Gasteiger partial charge >= 0.3 is 5.97 Å². The fourth-order valence-electron chi connectivity index (χ4n) is 0.963. The molecule has 8 nitrogen and oxygen atoms in total. The van der Waals surface area contributed by atoms with E-state index in [4.69, 9.17) is 10.6 Å². The highest BCUT2D eigenvalue weighted by molar-refractivity contribution is 5.86. The molecule has 3 N–H and O–H groups in total. The van der Waals surface area contributed by atoms with Crippen molar-refractivity contribution in [3.63, 3.8) is 0 Å². The molecule has 8 heteroatoms. The largest absolute Gasteiger partial charge is 0.480 e. The Morgan fingerprint density at radius 2 is 1.94 bits per heavy atom. The lowest BCUT2D eigenvalue weighted by Gasteiger charge is -2.18. The number of hydrogen-bond donors (Lipinski definition) is 3. The monoisotopic (exact) mass is 229 g/mol. The molecule has 90 valence electrons. The number of carbonyl (C=O) groups is 2. The minimum absolute atomic E-state index is 0.133. The Bertz CT molecular complexity index is 311. The van der Waals surface area contributed by atoms with E-state index in [9.17, 15) is 9.59 Å². The predicted octanol–water partition coefficient (Wildman–Crippen LogP) is 0.415. The third-order valence-corrected chi connectivity index (χ3v) is 1.92. The van der Waals surface area contributed by atoms with E-state index in [2.05, 4.69) is 20.9 Å². The lowest BCUT2D eigenvalue weighted by atomic mass is 10.0. The summed E-state index contributed by atoms with van der Waals surface area (Å²) in [5, 5.41) is 14.0. The number of nitrogens with one attached hydrogen (secondary N) is 2. The molecular formula is C8H15N5O3. The summed E-state index contributed by atoms with van der Waals surface area (Å²) in [6, 6.07) is -1.74. The van der Waals surface area contributed by atoms with Gasteiger partial charge in [-0.05, 0) is 12.1 Å². The van der Waals surface area contributed by atoms with Crippen LogP contribution in [0.3, 0.4) is 0 Å². The predicted molar refractivity (Wildman–Crippen MR) is 56.1 cm³/mol. The van der Waals surface area contributed by atoms with Gasteiger partial charge in [0.2, 0.25) is 0 Å². The quantitative estimate of drug-likeness (QED) is 0.264. The SMILES string of the molecule is CC(C)[C@H](NN=[N+]=[N-])C(=O)N[C@@H](C)C(=O)O. The number of azide groups is 1. The van der Waals surface area contributed by atoms with Crippen molar-refractivity contribution < 1.29 is 14.7 Å². The Kier molecular flexibility index (Phi) is 5.72. The summed E-state index contributed by atoms with van der Waals surface area (Å²) < 4.78 is 0. The number of nitrogens with zero attached hydrogens (tertiary/aromatic N) is 3. The van der Waals surface area contributed by atoms with E-state index in [0.717, 1.165) is 0 Å². The Morgan fingerprint density at radius 3 is 2.31 bits per heavy atom. The minimum Gasteiger partial charge on any atom is -0.480 e. The van der Waals surface area contributed by atoms with Crippen molar-refractivity contribution in [2.24, 2.45) is 11.1 Å². The maximum absolute atomic E-state index is 11.6. The molecule has 0 aliphatic heterocycles. The minimum atomic E-state index is -1.13. The molecular weight excluding hydrogens is 214 g/mol. The first kappa shape index (κ1) is 14.1. The van der Waals surface area contributed by atoms with Gasteiger partial charge in [0.05, 0.1) is 0 Å². The summed E-state index contributed by atoms with van der Waals surface area (Å²) in [6.07, 6.45) is 0. The first-order chi connectivity index (χ1) is 7.40. The fraction of sp³-hybridized carbons (Fsp3) is 0.750. The van der Waals surface area contributed by atoms with Gasteiger partial charge in [-0.15, -0.1) is 5.53 Å². The molecule has 0 heterocycles. The summed E-state index contributed by atoms with van der Waals surface area (Å²) in [5.74, 6) is -1.77. The zero-order chi connectivity index (χ0) is 12.7. The number of amides is 1. The highest BCUT2D eigenvalue weighted by Gasteiger charge is 2.27. The van der Waals surface area contributed by atoms with Crippen LogP contribution in [0.4, 0.5) is 0 Å². The Hall–Kier alpha value is -1.95. The zero-order valence-electron chi connectivity index (χ0n) is 9.34. The van der Waals surface area contributed by atoms with Gasteiger partial charge in [0.15, 0.2) is 6.04 Å². The van der Waals surface area contributed by atoms with Gasteiger partial charge in [-0.1, -0.05) is 13.8 Å². The molecule has 0 rings (SSSR count). The number of aliphatic carboxylic acids is 1. The van der Waals surface area contributed by atoms with Crippen LogP contribution in [0.25, 0.3) is 10.4 Å². The van der Waals surface area contributed by atoms with Crippen molar-refractivity contribution in [1.82, 2.24) is 10.7 Å². The molecule has 0 saturated heterocycles. The third-order valence-electron chi connectivity index (χ3n) is 1.92. The average molecular weight is 229 g/mol. The number of rotatable bonds is 6. The molecule has 16 heavy (non-hydrogen) atoms. The first-order valence-corrected chi connectivity index (χ1v) is 4.73. The van der Waals surface area contributed by atoms with E-state index in [1.54, 1.807) is 13.8 Å². The molecule has 0 aliphatic rings. The summed E-state index contributed by atoms with van der Waals surface area (Å²) in [5.41, 5.74) is 10.4. The fourth-order valence-corrected chi connectivity index (χ4v) is 0.963. The molecule has 0 fully saturated rings. The summed E-state index contributed by atoms with van der Waals surface area (Å²) >= 11 is 0. The van der Waals surface area contributed by atoms with Gasteiger partial charge in [-0.25, -0.2) is 5.43 Å². The molecule has 0 saturated carbocycles. The Labute approximate surface area is 92.6 Å². The Morgan fingerprint density at radius 1 is 1.38 bits per heavy atom. The standard InChI is InChI=1S/C8H15N5O3/c1-4(2)6(11-13-12-9)7(14)10-5(3)8(15)16/h4-6,11H,1-3H3,(H,10,14)(H,15,16)/t5-,6-/m0/s1. The van der Waals surface area contributed by atoms with Gasteiger partial charge in [-0.2, -0.15) is 4.91 Å². The van der Waals surface area contributed by atoms with E-state index in [-0.39, 0.29) is 5.92 Å². The van der Waals surface area contributed by atoms with Crippen molar-refractivity contribution in [1.29, 1.82) is 0 Å². The second-order valence-corrected chi connectivity index (χ2v) is 3.61. The smallest absolute Gasteiger partial charge is 0.325 e. The number of hydrogen-bond acceptors (Lipinski definition) is 3. The maximum atomic E-state index is 11.6. The number of carboxylic acid groups (broad SMARTS) is 1. The normalized spacial score (nSPS) is 13.5. The van der Waals surface area contributed by atoms with Crippen LogP contribution >= 0.6 is 0 Å². The van der Waals surface area contributed by atoms with Crippen LogP contribution in [0, 0.1) is 5.92 Å². The van der Waals surface area contributed by atoms with Gasteiger partial charge in [-0.3, -0.25) is 9.59 Å². The first-order valence-electron chi connectivity index (χ1n) is 4.73. The topological polar surface area (TPSA) is 127 Å². The molecule has 2 atom stereocenters. The van der Waals surface area contributed by atoms with Crippen LogP contribution in [0.5, 0.6) is 0 Å². The second kappa shape index (κ2) is 6.52. The van der Waals surface area contributed by atoms with E-state index in [0.29, 0.717) is 0 Å². The summed E-state index contributed by atoms with van der Waals surface area (Å²) in [4.78, 5) is 24.6. The highest BCUT2D eigenvalue weighted by atomic mass is 16.4. The third kappa shape index (κ3) is 4.52. The lowest BCUT2D eigenvalue weighted by molar-refractivity contribution is -0.141. The molecule has 0 aromatic rings. The van der Waals surface area contributed by atoms with Crippen molar-refractivity contribution in [2.45, 2.75) is 32.9 Å². The molecule has 0 aromatic heterocycles. The van der Waals surface area contributed by atoms with E-state index in [1.807, 2.05) is 0 Å². The van der Waals surface area contributed by atoms with Crippen LogP contribution in [0.15, 0.2) is 5.22 Å². The number of carbonyl (C=O) groups excluding carboxylic acids is 1. The van der Waals surface area contributed by atoms with Crippen molar-refractivity contribution in [2.75, 3.05) is 0 Å². The van der Waals surface area contributed by atoms with Crippen molar-refractivity contribution in [3.05, 3.63) is 10.4 Å². The van der Waals surface area contributed by atoms with Crippen LogP contribution in [-0.2, 0) is 9.59 Å². The van der Waals surface area contributed by atoms with Gasteiger partial charge in [0.25, 0.3) is 5.91 Å². The van der Waals surface area contributed by atoms with E-state index in [1.165, 1.54) is 6.92 Å². The second-order valence-electron chi connectivity index (χ2n) is 3.61. The molecule has 0 bridgehead atoms. The zero-order valence-corrected chi connectivity index (χ0v) is 9.34. The van der Waals surface area contributed by atoms with Crippen LogP contribution in [0.1, 0.15) is 20.8 Å². The average Bonchev–Trinajstić information content (AvgIpc) is 2.17. The van der Waals surface area contributed by atoms with Gasteiger partial charge in [0, 0.05) is 5.92 Å².